The predicted molar refractivity (Wildman–Crippen MR) is 140 cm³/mol. The summed E-state index contributed by atoms with van der Waals surface area (Å²) in [6.45, 7) is 6.67. The number of hydrogen-bond acceptors (Lipinski definition) is 3. The number of nitrogens with one attached hydrogen (secondary N) is 1. The number of aromatic amines is 1. The maximum atomic E-state index is 14.1. The quantitative estimate of drug-likeness (QED) is 0.348. The summed E-state index contributed by atoms with van der Waals surface area (Å²) in [7, 11) is 0. The van der Waals surface area contributed by atoms with Gasteiger partial charge in [-0.25, -0.2) is 9.69 Å². The Bertz CT molecular complexity index is 1470. The first kappa shape index (κ1) is 22.4. The van der Waals surface area contributed by atoms with Crippen LogP contribution in [0.25, 0.3) is 10.9 Å². The van der Waals surface area contributed by atoms with Crippen molar-refractivity contribution in [3.63, 3.8) is 0 Å². The van der Waals surface area contributed by atoms with Gasteiger partial charge in [-0.05, 0) is 47.7 Å². The van der Waals surface area contributed by atoms with Gasteiger partial charge in [0.25, 0.3) is 5.91 Å². The SMILES string of the molecule is CCOc1ccccc1N1C(=O)[C@H]2Cc3c([nH]c4ccccc34)C(c3ccc(C(C)C)cc3)N2C1=O. The lowest BCUT2D eigenvalue weighted by Crippen LogP contribution is -2.44. The van der Waals surface area contributed by atoms with E-state index in [9.17, 15) is 9.59 Å². The summed E-state index contributed by atoms with van der Waals surface area (Å²) < 4.78 is 5.78. The first-order chi connectivity index (χ1) is 17.5. The monoisotopic (exact) mass is 479 g/mol. The normalized spacial score (nSPS) is 19.2. The zero-order chi connectivity index (χ0) is 25.0. The van der Waals surface area contributed by atoms with E-state index >= 15 is 0 Å². The molecule has 1 saturated heterocycles. The number of anilines is 1. The molecule has 2 aliphatic heterocycles. The third kappa shape index (κ3) is 3.32. The molecule has 6 nitrogen and oxygen atoms in total. The minimum absolute atomic E-state index is 0.216. The standard InChI is InChI=1S/C30H29N3O3/c1-4-36-26-12-8-7-11-24(26)33-29(34)25-17-22-21-9-5-6-10-23(21)31-27(22)28(32(25)30(33)35)20-15-13-19(14-16-20)18(2)3/h5-16,18,25,28,31H,4,17H2,1-3H3/t25-,28?/m1/s1. The molecule has 2 aliphatic rings. The van der Waals surface area contributed by atoms with Gasteiger partial charge in [0.15, 0.2) is 0 Å². The Morgan fingerprint density at radius 1 is 0.972 bits per heavy atom. The molecular weight excluding hydrogens is 450 g/mol. The number of carbonyl (C=O) groups excluding carboxylic acids is 2. The molecule has 1 unspecified atom stereocenters. The first-order valence-electron chi connectivity index (χ1n) is 12.6. The molecule has 2 atom stereocenters. The van der Waals surface area contributed by atoms with Crippen molar-refractivity contribution in [2.24, 2.45) is 0 Å². The number of benzene rings is 3. The summed E-state index contributed by atoms with van der Waals surface area (Å²) in [4.78, 5) is 34.6. The molecule has 0 radical (unpaired) electrons. The first-order valence-corrected chi connectivity index (χ1v) is 12.6. The zero-order valence-electron chi connectivity index (χ0n) is 20.7. The number of urea groups is 1. The van der Waals surface area contributed by atoms with Gasteiger partial charge in [-0.2, -0.15) is 0 Å². The molecule has 0 bridgehead atoms. The van der Waals surface area contributed by atoms with Crippen LogP contribution in [0, 0.1) is 0 Å². The van der Waals surface area contributed by atoms with Crippen molar-refractivity contribution in [2.45, 2.75) is 45.2 Å². The summed E-state index contributed by atoms with van der Waals surface area (Å²) in [5.74, 6) is 0.720. The van der Waals surface area contributed by atoms with Gasteiger partial charge < -0.3 is 9.72 Å². The highest BCUT2D eigenvalue weighted by Gasteiger charge is 2.53. The van der Waals surface area contributed by atoms with Gasteiger partial charge in [-0.3, -0.25) is 9.69 Å². The molecule has 182 valence electrons. The van der Waals surface area contributed by atoms with Crippen LogP contribution >= 0.6 is 0 Å². The topological polar surface area (TPSA) is 65.6 Å². The highest BCUT2D eigenvalue weighted by molar-refractivity contribution is 6.22. The van der Waals surface area contributed by atoms with Gasteiger partial charge in [0.2, 0.25) is 0 Å². The number of H-pyrrole nitrogens is 1. The number of amides is 3. The van der Waals surface area contributed by atoms with Crippen LogP contribution in [0.2, 0.25) is 0 Å². The largest absolute Gasteiger partial charge is 0.492 e. The Balaban J connectivity index is 1.51. The molecule has 3 heterocycles. The van der Waals surface area contributed by atoms with Gasteiger partial charge in [0, 0.05) is 23.0 Å². The van der Waals surface area contributed by atoms with E-state index in [-0.39, 0.29) is 11.9 Å². The Hall–Kier alpha value is -4.06. The highest BCUT2D eigenvalue weighted by atomic mass is 16.5. The second-order valence-corrected chi connectivity index (χ2v) is 9.77. The third-order valence-electron chi connectivity index (χ3n) is 7.37. The predicted octanol–water partition coefficient (Wildman–Crippen LogP) is 6.17. The van der Waals surface area contributed by atoms with E-state index in [2.05, 4.69) is 49.2 Å². The van der Waals surface area contributed by atoms with E-state index in [1.54, 1.807) is 17.0 Å². The lowest BCUT2D eigenvalue weighted by molar-refractivity contribution is -0.120. The van der Waals surface area contributed by atoms with Gasteiger partial charge in [0.05, 0.1) is 12.3 Å². The van der Waals surface area contributed by atoms with Crippen LogP contribution < -0.4 is 9.64 Å². The average Bonchev–Trinajstić information content (AvgIpc) is 3.38. The van der Waals surface area contributed by atoms with Crippen molar-refractivity contribution in [3.8, 4) is 5.75 Å². The summed E-state index contributed by atoms with van der Waals surface area (Å²) >= 11 is 0. The smallest absolute Gasteiger partial charge is 0.333 e. The number of imide groups is 1. The van der Waals surface area contributed by atoms with Crippen LogP contribution in [0.1, 0.15) is 55.1 Å². The van der Waals surface area contributed by atoms with Crippen molar-refractivity contribution >= 4 is 28.5 Å². The number of nitrogens with zero attached hydrogens (tertiary/aromatic N) is 2. The second-order valence-electron chi connectivity index (χ2n) is 9.77. The Morgan fingerprint density at radius 2 is 1.69 bits per heavy atom. The highest BCUT2D eigenvalue weighted by Crippen LogP contribution is 2.46. The number of aromatic nitrogens is 1. The third-order valence-corrected chi connectivity index (χ3v) is 7.37. The molecule has 0 aliphatic carbocycles. The van der Waals surface area contributed by atoms with Gasteiger partial charge >= 0.3 is 6.03 Å². The Labute approximate surface area is 210 Å². The van der Waals surface area contributed by atoms with Crippen molar-refractivity contribution in [2.75, 3.05) is 11.5 Å². The molecule has 0 spiro atoms. The van der Waals surface area contributed by atoms with E-state index in [1.165, 1.54) is 10.5 Å². The summed E-state index contributed by atoms with van der Waals surface area (Å²) in [5, 5.41) is 1.10. The van der Waals surface area contributed by atoms with Crippen LogP contribution in [-0.2, 0) is 11.2 Å². The molecule has 6 rings (SSSR count). The van der Waals surface area contributed by atoms with Crippen molar-refractivity contribution in [3.05, 3.63) is 95.2 Å². The molecule has 4 aromatic rings. The number of para-hydroxylation sites is 3. The number of carbonyl (C=O) groups is 2. The van der Waals surface area contributed by atoms with E-state index in [1.807, 2.05) is 37.3 Å². The fourth-order valence-corrected chi connectivity index (χ4v) is 5.63. The maximum absolute atomic E-state index is 14.1. The van der Waals surface area contributed by atoms with Crippen molar-refractivity contribution in [1.82, 2.24) is 9.88 Å². The fourth-order valence-electron chi connectivity index (χ4n) is 5.63. The van der Waals surface area contributed by atoms with Gasteiger partial charge in [-0.1, -0.05) is 68.4 Å². The molecule has 3 aromatic carbocycles. The van der Waals surface area contributed by atoms with Crippen LogP contribution in [0.4, 0.5) is 10.5 Å². The summed E-state index contributed by atoms with van der Waals surface area (Å²) in [6.07, 6.45) is 0.470. The van der Waals surface area contributed by atoms with Crippen LogP contribution in [0.5, 0.6) is 5.75 Å². The lowest BCUT2D eigenvalue weighted by atomic mass is 9.88. The number of hydrogen-bond donors (Lipinski definition) is 1. The average molecular weight is 480 g/mol. The van der Waals surface area contributed by atoms with Gasteiger partial charge in [-0.15, -0.1) is 0 Å². The number of rotatable bonds is 5. The molecule has 3 amide bonds. The Kier molecular flexibility index (Phi) is 5.32. The lowest BCUT2D eigenvalue weighted by Gasteiger charge is -2.36. The molecule has 1 N–H and O–H groups in total. The van der Waals surface area contributed by atoms with Gasteiger partial charge in [0.1, 0.15) is 17.8 Å². The van der Waals surface area contributed by atoms with Crippen molar-refractivity contribution in [1.29, 1.82) is 0 Å². The minimum Gasteiger partial charge on any atom is -0.492 e. The van der Waals surface area contributed by atoms with Crippen molar-refractivity contribution < 1.29 is 14.3 Å². The van der Waals surface area contributed by atoms with Crippen LogP contribution in [0.15, 0.2) is 72.8 Å². The van der Waals surface area contributed by atoms with E-state index in [4.69, 9.17) is 4.74 Å². The van der Waals surface area contributed by atoms with E-state index in [0.717, 1.165) is 27.7 Å². The fraction of sp³-hybridized carbons (Fsp3) is 0.267. The molecule has 0 saturated carbocycles. The molecular formula is C30H29N3O3. The number of ether oxygens (including phenoxy) is 1. The second kappa shape index (κ2) is 8.55. The minimum atomic E-state index is -0.589. The van der Waals surface area contributed by atoms with Crippen LogP contribution in [0.3, 0.4) is 0 Å². The van der Waals surface area contributed by atoms with Crippen LogP contribution in [-0.4, -0.2) is 34.5 Å². The maximum Gasteiger partial charge on any atom is 0.333 e. The zero-order valence-corrected chi connectivity index (χ0v) is 20.7. The van der Waals surface area contributed by atoms with E-state index in [0.29, 0.717) is 30.4 Å². The molecule has 1 fully saturated rings. The molecule has 36 heavy (non-hydrogen) atoms. The molecule has 6 heteroatoms. The Morgan fingerprint density at radius 3 is 2.44 bits per heavy atom. The number of fused-ring (bicyclic) bond motifs is 4. The molecule has 1 aromatic heterocycles. The summed E-state index contributed by atoms with van der Waals surface area (Å²) in [6, 6.07) is 22.5. The summed E-state index contributed by atoms with van der Waals surface area (Å²) in [5.41, 5.74) is 5.81. The van der Waals surface area contributed by atoms with E-state index < -0.39 is 12.1 Å².